The van der Waals surface area contributed by atoms with Crippen LogP contribution in [0, 0.1) is 11.5 Å². The Balaban J connectivity index is 1.78. The summed E-state index contributed by atoms with van der Waals surface area (Å²) >= 11 is 6.47. The Bertz CT molecular complexity index is 1330. The molecule has 0 aliphatic carbocycles. The highest BCUT2D eigenvalue weighted by atomic mass is 35.5. The van der Waals surface area contributed by atoms with Gasteiger partial charge in [0, 0.05) is 66.8 Å². The lowest BCUT2D eigenvalue weighted by Gasteiger charge is -2.23. The van der Waals surface area contributed by atoms with Gasteiger partial charge >= 0.3 is 0 Å². The number of nitrogens with zero attached hydrogens (tertiary/aromatic N) is 3. The van der Waals surface area contributed by atoms with E-state index in [-0.39, 0.29) is 18.4 Å². The third kappa shape index (κ3) is 5.94. The van der Waals surface area contributed by atoms with E-state index in [1.54, 1.807) is 17.2 Å². The van der Waals surface area contributed by atoms with Crippen LogP contribution in [0.2, 0.25) is 5.02 Å². The van der Waals surface area contributed by atoms with Crippen LogP contribution in [0.1, 0.15) is 60.3 Å². The van der Waals surface area contributed by atoms with Crippen molar-refractivity contribution in [1.29, 1.82) is 5.26 Å². The van der Waals surface area contributed by atoms with E-state index in [9.17, 15) is 14.4 Å². The van der Waals surface area contributed by atoms with Crippen molar-refractivity contribution in [2.24, 2.45) is 0 Å². The number of nitrogens with one attached hydrogen (secondary N) is 3. The van der Waals surface area contributed by atoms with Crippen LogP contribution in [-0.2, 0) is 19.3 Å². The molecule has 3 N–H and O–H groups in total. The Hall–Kier alpha value is -3.57. The largest absolute Gasteiger partial charge is 0.356 e. The first-order chi connectivity index (χ1) is 18.3. The van der Waals surface area contributed by atoms with Crippen molar-refractivity contribution in [1.82, 2.24) is 20.2 Å². The molecule has 0 bridgehead atoms. The molecule has 9 heteroatoms. The number of benzene rings is 1. The molecular formula is C29H34ClFN6O. The zero-order valence-corrected chi connectivity index (χ0v) is 22.8. The second kappa shape index (κ2) is 12.3. The number of nitriles is 1. The molecule has 0 saturated heterocycles. The van der Waals surface area contributed by atoms with E-state index in [0.29, 0.717) is 40.5 Å². The number of fused-ring (bicyclic) bond motifs is 1. The lowest BCUT2D eigenvalue weighted by molar-refractivity contribution is 0.0947. The molecular weight excluding hydrogens is 503 g/mol. The molecule has 1 aromatic carbocycles. The van der Waals surface area contributed by atoms with Crippen LogP contribution in [0.3, 0.4) is 0 Å². The molecule has 200 valence electrons. The molecule has 2 atom stereocenters. The summed E-state index contributed by atoms with van der Waals surface area (Å²) in [5.74, 6) is -0.159. The number of alkyl halides is 1. The van der Waals surface area contributed by atoms with Gasteiger partial charge in [0.2, 0.25) is 0 Å². The molecule has 3 aromatic rings. The third-order valence-electron chi connectivity index (χ3n) is 7.08. The summed E-state index contributed by atoms with van der Waals surface area (Å²) in [6.07, 6.45) is 9.02. The van der Waals surface area contributed by atoms with Gasteiger partial charge in [-0.05, 0) is 55.5 Å². The van der Waals surface area contributed by atoms with Crippen LogP contribution in [0.4, 0.5) is 15.8 Å². The number of rotatable bonds is 11. The van der Waals surface area contributed by atoms with E-state index in [2.05, 4.69) is 33.7 Å². The van der Waals surface area contributed by atoms with Crippen LogP contribution in [0.5, 0.6) is 0 Å². The van der Waals surface area contributed by atoms with E-state index in [4.69, 9.17) is 11.6 Å². The van der Waals surface area contributed by atoms with Crippen LogP contribution in [0.15, 0.2) is 36.7 Å². The standard InChI is InChI=1S/C29H34ClFN6O/c1-4-6-20(37(3)17-32)10-9-19-16-33-13-11-21(19)27-28(26-25(36-27)12-14-34-29(26)38)35-24-8-5-7-23(30)22(24)15-18(2)31/h5,7-8,11,13,16,18,20,35-36H,4,6,9-10,12,14-15H2,1-3H3,(H,34,38). The molecule has 4 rings (SSSR count). The third-order valence-corrected chi connectivity index (χ3v) is 7.43. The lowest BCUT2D eigenvalue weighted by atomic mass is 9.96. The van der Waals surface area contributed by atoms with Crippen molar-refractivity contribution in [3.8, 4) is 17.5 Å². The van der Waals surface area contributed by atoms with Gasteiger partial charge in [0.1, 0.15) is 6.17 Å². The first-order valence-electron chi connectivity index (χ1n) is 13.1. The summed E-state index contributed by atoms with van der Waals surface area (Å²) in [4.78, 5) is 22.7. The fourth-order valence-electron chi connectivity index (χ4n) is 5.14. The molecule has 1 amide bonds. The average molecular weight is 537 g/mol. The highest BCUT2D eigenvalue weighted by molar-refractivity contribution is 6.31. The molecule has 2 aromatic heterocycles. The van der Waals surface area contributed by atoms with Gasteiger partial charge < -0.3 is 20.5 Å². The Morgan fingerprint density at radius 3 is 2.87 bits per heavy atom. The maximum Gasteiger partial charge on any atom is 0.255 e. The van der Waals surface area contributed by atoms with Crippen LogP contribution < -0.4 is 10.6 Å². The normalized spacial score (nSPS) is 14.3. The van der Waals surface area contributed by atoms with Gasteiger partial charge in [-0.15, -0.1) is 0 Å². The van der Waals surface area contributed by atoms with Crippen LogP contribution in [0.25, 0.3) is 11.3 Å². The monoisotopic (exact) mass is 536 g/mol. The van der Waals surface area contributed by atoms with Gasteiger partial charge in [0.25, 0.3) is 5.91 Å². The Morgan fingerprint density at radius 1 is 1.32 bits per heavy atom. The topological polar surface area (TPSA) is 96.8 Å². The number of aromatic nitrogens is 2. The minimum absolute atomic E-state index is 0.134. The van der Waals surface area contributed by atoms with Gasteiger partial charge in [-0.2, -0.15) is 5.26 Å². The summed E-state index contributed by atoms with van der Waals surface area (Å²) in [6.45, 7) is 4.17. The lowest BCUT2D eigenvalue weighted by Crippen LogP contribution is -2.31. The van der Waals surface area contributed by atoms with Crippen molar-refractivity contribution in [3.63, 3.8) is 0 Å². The summed E-state index contributed by atoms with van der Waals surface area (Å²) < 4.78 is 14.1. The van der Waals surface area contributed by atoms with Gasteiger partial charge in [-0.1, -0.05) is 31.0 Å². The van der Waals surface area contributed by atoms with E-state index >= 15 is 0 Å². The molecule has 1 aliphatic heterocycles. The van der Waals surface area contributed by atoms with Crippen LogP contribution >= 0.6 is 11.6 Å². The van der Waals surface area contributed by atoms with Crippen molar-refractivity contribution < 1.29 is 9.18 Å². The van der Waals surface area contributed by atoms with Gasteiger partial charge in [0.05, 0.1) is 16.9 Å². The molecule has 7 nitrogen and oxygen atoms in total. The molecule has 0 fully saturated rings. The van der Waals surface area contributed by atoms with E-state index in [1.165, 1.54) is 6.92 Å². The fourth-order valence-corrected chi connectivity index (χ4v) is 5.40. The van der Waals surface area contributed by atoms with Gasteiger partial charge in [-0.25, -0.2) is 4.39 Å². The Labute approximate surface area is 228 Å². The van der Waals surface area contributed by atoms with E-state index in [1.807, 2.05) is 31.4 Å². The molecule has 1 aliphatic rings. The zero-order chi connectivity index (χ0) is 27.2. The molecule has 0 spiro atoms. The maximum absolute atomic E-state index is 14.1. The summed E-state index contributed by atoms with van der Waals surface area (Å²) in [5, 5.41) is 16.3. The van der Waals surface area contributed by atoms with Gasteiger partial charge in [0.15, 0.2) is 6.19 Å². The number of carbonyl (C=O) groups excluding carboxylic acids is 1. The van der Waals surface area contributed by atoms with Crippen molar-refractivity contribution in [3.05, 3.63) is 64.1 Å². The minimum atomic E-state index is -1.08. The fraction of sp³-hybridized carbons (Fsp3) is 0.414. The Morgan fingerprint density at radius 2 is 2.13 bits per heavy atom. The molecule has 3 heterocycles. The molecule has 38 heavy (non-hydrogen) atoms. The van der Waals surface area contributed by atoms with Gasteiger partial charge in [-0.3, -0.25) is 9.78 Å². The zero-order valence-electron chi connectivity index (χ0n) is 22.1. The molecule has 2 unspecified atom stereocenters. The number of hydrogen-bond acceptors (Lipinski definition) is 5. The second-order valence-electron chi connectivity index (χ2n) is 9.84. The van der Waals surface area contributed by atoms with E-state index < -0.39 is 6.17 Å². The first kappa shape index (κ1) is 27.5. The van der Waals surface area contributed by atoms with Crippen molar-refractivity contribution in [2.45, 2.75) is 64.6 Å². The number of H-pyrrole nitrogens is 1. The van der Waals surface area contributed by atoms with Crippen LogP contribution in [-0.4, -0.2) is 46.6 Å². The number of aromatic amines is 1. The predicted octanol–water partition coefficient (Wildman–Crippen LogP) is 6.17. The number of aryl methyl sites for hydroxylation is 1. The highest BCUT2D eigenvalue weighted by Crippen LogP contribution is 2.40. The second-order valence-corrected chi connectivity index (χ2v) is 10.2. The summed E-state index contributed by atoms with van der Waals surface area (Å²) in [6, 6.07) is 7.49. The summed E-state index contributed by atoms with van der Waals surface area (Å²) in [7, 11) is 1.82. The van der Waals surface area contributed by atoms with Crippen molar-refractivity contribution in [2.75, 3.05) is 18.9 Å². The molecule has 0 radical (unpaired) electrons. The minimum Gasteiger partial charge on any atom is -0.356 e. The number of anilines is 2. The first-order valence-corrected chi connectivity index (χ1v) is 13.5. The molecule has 0 saturated carbocycles. The highest BCUT2D eigenvalue weighted by Gasteiger charge is 2.28. The maximum atomic E-state index is 14.1. The van der Waals surface area contributed by atoms with Crippen molar-refractivity contribution >= 4 is 28.9 Å². The predicted molar refractivity (Wildman–Crippen MR) is 149 cm³/mol. The SMILES string of the molecule is CCCC(CCc1cnccc1-c1[nH]c2c(c1Nc1cccc(Cl)c1CC(C)F)C(=O)NCC2)N(C)C#N. The van der Waals surface area contributed by atoms with E-state index in [0.717, 1.165) is 48.2 Å². The average Bonchev–Trinajstić information content (AvgIpc) is 3.27. The quantitative estimate of drug-likeness (QED) is 0.201. The summed E-state index contributed by atoms with van der Waals surface area (Å²) in [5.41, 5.74) is 6.11. The number of carbonyl (C=O) groups is 1. The Kier molecular flexibility index (Phi) is 8.90. The number of halogens is 2. The smallest absolute Gasteiger partial charge is 0.255 e. The number of pyridine rings is 1. The number of hydrogen-bond donors (Lipinski definition) is 3. The number of amides is 1.